The molecule has 0 aliphatic heterocycles. The SMILES string of the molecule is NC(=O)c1csc(CCc2cc(Cl)ccc2OCc2ccccc2)n1. The van der Waals surface area contributed by atoms with Crippen molar-refractivity contribution in [3.63, 3.8) is 0 Å². The molecule has 0 aliphatic carbocycles. The number of carbonyl (C=O) groups is 1. The molecule has 0 atom stereocenters. The van der Waals surface area contributed by atoms with Gasteiger partial charge in [0.25, 0.3) is 5.91 Å². The number of ether oxygens (including phenoxy) is 1. The fourth-order valence-corrected chi connectivity index (χ4v) is 3.38. The fraction of sp³-hybridized carbons (Fsp3) is 0.158. The zero-order valence-corrected chi connectivity index (χ0v) is 15.0. The Labute approximate surface area is 155 Å². The number of carbonyl (C=O) groups excluding carboxylic acids is 1. The summed E-state index contributed by atoms with van der Waals surface area (Å²) < 4.78 is 5.96. The van der Waals surface area contributed by atoms with Crippen LogP contribution in [0, 0.1) is 0 Å². The van der Waals surface area contributed by atoms with E-state index in [1.54, 1.807) is 5.38 Å². The molecule has 0 fully saturated rings. The van der Waals surface area contributed by atoms with Crippen molar-refractivity contribution in [2.45, 2.75) is 19.4 Å². The van der Waals surface area contributed by atoms with Crippen LogP contribution in [-0.4, -0.2) is 10.9 Å². The number of nitrogens with zero attached hydrogens (tertiary/aromatic N) is 1. The van der Waals surface area contributed by atoms with E-state index in [2.05, 4.69) is 4.98 Å². The lowest BCUT2D eigenvalue weighted by atomic mass is 10.1. The van der Waals surface area contributed by atoms with Gasteiger partial charge in [-0.2, -0.15) is 0 Å². The second-order valence-corrected chi connectivity index (χ2v) is 6.90. The minimum atomic E-state index is -0.503. The summed E-state index contributed by atoms with van der Waals surface area (Å²) in [5.74, 6) is 0.303. The van der Waals surface area contributed by atoms with Crippen molar-refractivity contribution in [1.82, 2.24) is 4.98 Å². The van der Waals surface area contributed by atoms with E-state index in [9.17, 15) is 4.79 Å². The topological polar surface area (TPSA) is 65.2 Å². The molecule has 0 spiro atoms. The van der Waals surface area contributed by atoms with Gasteiger partial charge in [0.1, 0.15) is 18.1 Å². The number of aryl methyl sites for hydroxylation is 2. The number of thiazole rings is 1. The molecule has 1 heterocycles. The standard InChI is InChI=1S/C19H17ClN2O2S/c20-15-7-8-17(24-11-13-4-2-1-3-5-13)14(10-15)6-9-18-22-16(12-25-18)19(21)23/h1-5,7-8,10,12H,6,9,11H2,(H2,21,23). The van der Waals surface area contributed by atoms with Gasteiger partial charge in [0, 0.05) is 16.8 Å². The van der Waals surface area contributed by atoms with E-state index in [0.29, 0.717) is 23.7 Å². The Bertz CT molecular complexity index is 865. The highest BCUT2D eigenvalue weighted by Crippen LogP contribution is 2.26. The molecular weight excluding hydrogens is 356 g/mol. The van der Waals surface area contributed by atoms with Crippen LogP contribution in [0.5, 0.6) is 5.75 Å². The molecule has 0 unspecified atom stereocenters. The molecule has 0 saturated carbocycles. The molecule has 128 valence electrons. The molecule has 1 aromatic heterocycles. The Hall–Kier alpha value is -2.37. The quantitative estimate of drug-likeness (QED) is 0.673. The zero-order valence-electron chi connectivity index (χ0n) is 13.4. The van der Waals surface area contributed by atoms with Gasteiger partial charge < -0.3 is 10.5 Å². The van der Waals surface area contributed by atoms with E-state index >= 15 is 0 Å². The number of hydrogen-bond donors (Lipinski definition) is 1. The predicted molar refractivity (Wildman–Crippen MR) is 100 cm³/mol. The van der Waals surface area contributed by atoms with Crippen molar-refractivity contribution in [2.75, 3.05) is 0 Å². The maximum atomic E-state index is 11.1. The van der Waals surface area contributed by atoms with Crippen LogP contribution in [0.3, 0.4) is 0 Å². The highest BCUT2D eigenvalue weighted by Gasteiger charge is 2.10. The highest BCUT2D eigenvalue weighted by molar-refractivity contribution is 7.09. The molecule has 1 amide bonds. The molecule has 25 heavy (non-hydrogen) atoms. The van der Waals surface area contributed by atoms with Crippen LogP contribution in [-0.2, 0) is 19.4 Å². The van der Waals surface area contributed by atoms with Crippen molar-refractivity contribution in [1.29, 1.82) is 0 Å². The number of hydrogen-bond acceptors (Lipinski definition) is 4. The molecule has 0 bridgehead atoms. The minimum Gasteiger partial charge on any atom is -0.489 e. The van der Waals surface area contributed by atoms with Gasteiger partial charge in [-0.15, -0.1) is 11.3 Å². The Balaban J connectivity index is 1.69. The van der Waals surface area contributed by atoms with Gasteiger partial charge in [0.15, 0.2) is 0 Å². The van der Waals surface area contributed by atoms with E-state index < -0.39 is 5.91 Å². The van der Waals surface area contributed by atoms with E-state index in [-0.39, 0.29) is 0 Å². The van der Waals surface area contributed by atoms with Gasteiger partial charge in [0.2, 0.25) is 0 Å². The van der Waals surface area contributed by atoms with Gasteiger partial charge >= 0.3 is 0 Å². The normalized spacial score (nSPS) is 10.6. The molecule has 6 heteroatoms. The van der Waals surface area contributed by atoms with Crippen LogP contribution in [0.1, 0.15) is 26.6 Å². The molecule has 3 aromatic rings. The lowest BCUT2D eigenvalue weighted by Gasteiger charge is -2.12. The van der Waals surface area contributed by atoms with Crippen LogP contribution < -0.4 is 10.5 Å². The molecule has 0 radical (unpaired) electrons. The predicted octanol–water partition coefficient (Wildman–Crippen LogP) is 4.26. The van der Waals surface area contributed by atoms with Gasteiger partial charge in [0.05, 0.1) is 5.01 Å². The van der Waals surface area contributed by atoms with Gasteiger partial charge in [-0.05, 0) is 35.7 Å². The minimum absolute atomic E-state index is 0.312. The Kier molecular flexibility index (Phi) is 5.68. The lowest BCUT2D eigenvalue weighted by Crippen LogP contribution is -2.11. The first-order valence-corrected chi connectivity index (χ1v) is 9.07. The maximum absolute atomic E-state index is 11.1. The van der Waals surface area contributed by atoms with Crippen LogP contribution in [0.25, 0.3) is 0 Å². The number of amides is 1. The summed E-state index contributed by atoms with van der Waals surface area (Å²) in [6.07, 6.45) is 1.41. The first-order chi connectivity index (χ1) is 12.1. The molecular formula is C19H17ClN2O2S. The summed E-state index contributed by atoms with van der Waals surface area (Å²) in [5, 5.41) is 3.21. The smallest absolute Gasteiger partial charge is 0.268 e. The van der Waals surface area contributed by atoms with E-state index in [1.807, 2.05) is 48.5 Å². The second-order valence-electron chi connectivity index (χ2n) is 5.52. The van der Waals surface area contributed by atoms with Crippen molar-refractivity contribution in [3.05, 3.63) is 80.8 Å². The van der Waals surface area contributed by atoms with Gasteiger partial charge in [-0.25, -0.2) is 4.98 Å². The Morgan fingerprint density at radius 3 is 2.68 bits per heavy atom. The van der Waals surface area contributed by atoms with E-state index in [0.717, 1.165) is 28.3 Å². The monoisotopic (exact) mass is 372 g/mol. The average Bonchev–Trinajstić information content (AvgIpc) is 3.09. The average molecular weight is 373 g/mol. The highest BCUT2D eigenvalue weighted by atomic mass is 35.5. The first-order valence-electron chi connectivity index (χ1n) is 7.81. The Morgan fingerprint density at radius 1 is 1.16 bits per heavy atom. The number of aromatic nitrogens is 1. The molecule has 0 aliphatic rings. The summed E-state index contributed by atoms with van der Waals surface area (Å²) in [5.41, 5.74) is 7.67. The third-order valence-corrected chi connectivity index (χ3v) is 4.82. The molecule has 2 aromatic carbocycles. The third-order valence-electron chi connectivity index (χ3n) is 3.67. The van der Waals surface area contributed by atoms with E-state index in [4.69, 9.17) is 22.1 Å². The number of rotatable bonds is 7. The first kappa shape index (κ1) is 17.5. The van der Waals surface area contributed by atoms with E-state index in [1.165, 1.54) is 11.3 Å². The number of primary amides is 1. The molecule has 4 nitrogen and oxygen atoms in total. The molecule has 0 saturated heterocycles. The maximum Gasteiger partial charge on any atom is 0.268 e. The third kappa shape index (κ3) is 4.81. The van der Waals surface area contributed by atoms with Crippen LogP contribution >= 0.6 is 22.9 Å². The summed E-state index contributed by atoms with van der Waals surface area (Å²) in [6, 6.07) is 15.6. The van der Waals surface area contributed by atoms with Gasteiger partial charge in [-0.3, -0.25) is 4.79 Å². The molecule has 2 N–H and O–H groups in total. The number of benzene rings is 2. The van der Waals surface area contributed by atoms with Crippen molar-refractivity contribution < 1.29 is 9.53 Å². The second kappa shape index (κ2) is 8.14. The lowest BCUT2D eigenvalue weighted by molar-refractivity contribution is 0.0996. The summed E-state index contributed by atoms with van der Waals surface area (Å²) in [7, 11) is 0. The van der Waals surface area contributed by atoms with Crippen molar-refractivity contribution >= 4 is 28.8 Å². The van der Waals surface area contributed by atoms with Crippen molar-refractivity contribution in [3.8, 4) is 5.75 Å². The van der Waals surface area contributed by atoms with Crippen LogP contribution in [0.15, 0.2) is 53.9 Å². The summed E-state index contributed by atoms with van der Waals surface area (Å²) in [6.45, 7) is 0.499. The van der Waals surface area contributed by atoms with Crippen LogP contribution in [0.2, 0.25) is 5.02 Å². The number of nitrogens with two attached hydrogens (primary N) is 1. The fourth-order valence-electron chi connectivity index (χ4n) is 2.40. The summed E-state index contributed by atoms with van der Waals surface area (Å²) >= 11 is 7.56. The van der Waals surface area contributed by atoms with Crippen LogP contribution in [0.4, 0.5) is 0 Å². The largest absolute Gasteiger partial charge is 0.489 e. The number of halogens is 1. The zero-order chi connectivity index (χ0) is 17.6. The van der Waals surface area contributed by atoms with Gasteiger partial charge in [-0.1, -0.05) is 41.9 Å². The summed E-state index contributed by atoms with van der Waals surface area (Å²) in [4.78, 5) is 15.4. The Morgan fingerprint density at radius 2 is 1.96 bits per heavy atom. The molecule has 3 rings (SSSR count). The van der Waals surface area contributed by atoms with Crippen molar-refractivity contribution in [2.24, 2.45) is 5.73 Å².